The van der Waals surface area contributed by atoms with Gasteiger partial charge in [-0.3, -0.25) is 15.8 Å². The van der Waals surface area contributed by atoms with Crippen LogP contribution in [0.1, 0.15) is 12.5 Å². The fourth-order valence-electron chi connectivity index (χ4n) is 2.26. The van der Waals surface area contributed by atoms with E-state index in [-0.39, 0.29) is 6.03 Å². The van der Waals surface area contributed by atoms with Crippen molar-refractivity contribution in [2.75, 3.05) is 10.7 Å². The van der Waals surface area contributed by atoms with Gasteiger partial charge in [0.05, 0.1) is 5.69 Å². The van der Waals surface area contributed by atoms with Gasteiger partial charge in [0.25, 0.3) is 0 Å². The third-order valence-corrected chi connectivity index (χ3v) is 3.68. The van der Waals surface area contributed by atoms with Crippen molar-refractivity contribution in [2.24, 2.45) is 0 Å². The van der Waals surface area contributed by atoms with Crippen molar-refractivity contribution in [3.8, 4) is 11.5 Å². The topological polar surface area (TPSA) is 75.3 Å². The quantitative estimate of drug-likeness (QED) is 0.570. The van der Waals surface area contributed by atoms with Gasteiger partial charge in [-0.15, -0.1) is 0 Å². The van der Waals surface area contributed by atoms with Gasteiger partial charge < -0.3 is 10.1 Å². The van der Waals surface area contributed by atoms with E-state index in [0.717, 1.165) is 17.8 Å². The third-order valence-electron chi connectivity index (χ3n) is 3.68. The molecule has 6 heteroatoms. The number of hydrogen-bond acceptors (Lipinski definition) is 4. The molecule has 0 fully saturated rings. The number of rotatable bonds is 6. The Morgan fingerprint density at radius 1 is 0.885 bits per heavy atom. The molecule has 2 amide bonds. The van der Waals surface area contributed by atoms with Crippen LogP contribution in [0.15, 0.2) is 73.1 Å². The lowest BCUT2D eigenvalue weighted by Crippen LogP contribution is -2.33. The Labute approximate surface area is 152 Å². The average molecular weight is 348 g/mol. The lowest BCUT2D eigenvalue weighted by molar-refractivity contribution is 0.254. The van der Waals surface area contributed by atoms with E-state index < -0.39 is 0 Å². The van der Waals surface area contributed by atoms with Crippen molar-refractivity contribution in [1.82, 2.24) is 10.4 Å². The minimum atomic E-state index is -0.341. The van der Waals surface area contributed by atoms with Crippen LogP contribution in [0.25, 0.3) is 0 Å². The van der Waals surface area contributed by atoms with Crippen LogP contribution in [-0.4, -0.2) is 11.0 Å². The first kappa shape index (κ1) is 17.3. The van der Waals surface area contributed by atoms with Gasteiger partial charge in [-0.1, -0.05) is 19.1 Å². The zero-order valence-electron chi connectivity index (χ0n) is 14.4. The normalized spacial score (nSPS) is 10.0. The molecule has 0 saturated heterocycles. The highest BCUT2D eigenvalue weighted by atomic mass is 16.5. The number of benzene rings is 2. The molecular formula is C20H20N4O2. The Morgan fingerprint density at radius 2 is 1.50 bits per heavy atom. The van der Waals surface area contributed by atoms with Crippen molar-refractivity contribution in [1.29, 1.82) is 0 Å². The molecule has 3 N–H and O–H groups in total. The van der Waals surface area contributed by atoms with Crippen LogP contribution in [-0.2, 0) is 6.42 Å². The van der Waals surface area contributed by atoms with Crippen molar-refractivity contribution >= 4 is 17.4 Å². The van der Waals surface area contributed by atoms with Gasteiger partial charge in [-0.25, -0.2) is 4.79 Å². The number of carbonyl (C=O) groups is 1. The molecule has 0 spiro atoms. The zero-order valence-corrected chi connectivity index (χ0v) is 14.4. The standard InChI is InChI=1S/C20H20N4O2/c1-2-15-3-5-16(6-4-15)22-20(25)24-23-17-7-9-18(10-8-17)26-19-11-13-21-14-12-19/h3-14,23H,2H2,1H3,(H2,22,24,25). The summed E-state index contributed by atoms with van der Waals surface area (Å²) in [6.45, 7) is 2.09. The van der Waals surface area contributed by atoms with Crippen LogP contribution in [0, 0.1) is 0 Å². The summed E-state index contributed by atoms with van der Waals surface area (Å²) in [5, 5.41) is 2.76. The van der Waals surface area contributed by atoms with Gasteiger partial charge >= 0.3 is 6.03 Å². The summed E-state index contributed by atoms with van der Waals surface area (Å²) in [7, 11) is 0. The van der Waals surface area contributed by atoms with Gasteiger partial charge in [-0.2, -0.15) is 0 Å². The third kappa shape index (κ3) is 4.98. The van der Waals surface area contributed by atoms with Crippen molar-refractivity contribution in [3.63, 3.8) is 0 Å². The highest BCUT2D eigenvalue weighted by molar-refractivity contribution is 5.89. The summed E-state index contributed by atoms with van der Waals surface area (Å²) in [6.07, 6.45) is 4.31. The fraction of sp³-hybridized carbons (Fsp3) is 0.100. The monoisotopic (exact) mass is 348 g/mol. The lowest BCUT2D eigenvalue weighted by atomic mass is 10.1. The summed E-state index contributed by atoms with van der Waals surface area (Å²) in [4.78, 5) is 15.9. The molecule has 2 aromatic carbocycles. The van der Waals surface area contributed by atoms with Crippen LogP contribution in [0.2, 0.25) is 0 Å². The first-order valence-corrected chi connectivity index (χ1v) is 8.33. The molecule has 0 aliphatic rings. The molecule has 3 rings (SSSR count). The van der Waals surface area contributed by atoms with Gasteiger partial charge in [0.2, 0.25) is 0 Å². The second kappa shape index (κ2) is 8.53. The van der Waals surface area contributed by atoms with E-state index in [2.05, 4.69) is 28.1 Å². The average Bonchev–Trinajstić information content (AvgIpc) is 2.69. The number of nitrogens with one attached hydrogen (secondary N) is 3. The number of pyridine rings is 1. The molecule has 1 aromatic heterocycles. The molecule has 132 valence electrons. The molecule has 0 saturated carbocycles. The number of carbonyl (C=O) groups excluding carboxylic acids is 1. The van der Waals surface area contributed by atoms with Crippen LogP contribution < -0.4 is 20.9 Å². The molecule has 3 aromatic rings. The lowest BCUT2D eigenvalue weighted by Gasteiger charge is -2.11. The molecule has 26 heavy (non-hydrogen) atoms. The number of urea groups is 1. The minimum Gasteiger partial charge on any atom is -0.457 e. The van der Waals surface area contributed by atoms with E-state index >= 15 is 0 Å². The number of anilines is 2. The minimum absolute atomic E-state index is 0.341. The largest absolute Gasteiger partial charge is 0.457 e. The highest BCUT2D eigenvalue weighted by Gasteiger charge is 2.02. The van der Waals surface area contributed by atoms with Crippen LogP contribution in [0.4, 0.5) is 16.2 Å². The maximum atomic E-state index is 11.9. The number of aryl methyl sites for hydroxylation is 1. The number of nitrogens with zero attached hydrogens (tertiary/aromatic N) is 1. The predicted molar refractivity (Wildman–Crippen MR) is 102 cm³/mol. The van der Waals surface area contributed by atoms with Crippen LogP contribution >= 0.6 is 0 Å². The van der Waals surface area contributed by atoms with E-state index in [9.17, 15) is 4.79 Å². The SMILES string of the molecule is CCc1ccc(NC(=O)NNc2ccc(Oc3ccncc3)cc2)cc1. The molecule has 1 heterocycles. The highest BCUT2D eigenvalue weighted by Crippen LogP contribution is 2.21. The molecule has 0 radical (unpaired) electrons. The number of hydrazine groups is 1. The smallest absolute Gasteiger partial charge is 0.337 e. The first-order chi connectivity index (χ1) is 12.7. The van der Waals surface area contributed by atoms with E-state index in [1.807, 2.05) is 48.5 Å². The zero-order chi connectivity index (χ0) is 18.2. The number of amides is 2. The number of hydrogen-bond donors (Lipinski definition) is 3. The van der Waals surface area contributed by atoms with Crippen LogP contribution in [0.5, 0.6) is 11.5 Å². The van der Waals surface area contributed by atoms with E-state index in [1.165, 1.54) is 5.56 Å². The predicted octanol–water partition coefficient (Wildman–Crippen LogP) is 4.58. The maximum absolute atomic E-state index is 11.9. The molecule has 6 nitrogen and oxygen atoms in total. The molecule has 0 bridgehead atoms. The molecular weight excluding hydrogens is 328 g/mol. The molecule has 0 aliphatic carbocycles. The van der Waals surface area contributed by atoms with Crippen molar-refractivity contribution in [2.45, 2.75) is 13.3 Å². The van der Waals surface area contributed by atoms with Gasteiger partial charge in [0.1, 0.15) is 11.5 Å². The second-order valence-electron chi connectivity index (χ2n) is 5.56. The van der Waals surface area contributed by atoms with Crippen molar-refractivity contribution < 1.29 is 9.53 Å². The summed E-state index contributed by atoms with van der Waals surface area (Å²) in [5.41, 5.74) is 8.15. The summed E-state index contributed by atoms with van der Waals surface area (Å²) in [5.74, 6) is 1.41. The Balaban J connectivity index is 1.48. The molecule has 0 unspecified atom stereocenters. The fourth-order valence-corrected chi connectivity index (χ4v) is 2.26. The second-order valence-corrected chi connectivity index (χ2v) is 5.56. The Hall–Kier alpha value is -3.54. The summed E-state index contributed by atoms with van der Waals surface area (Å²) in [6, 6.07) is 18.2. The van der Waals surface area contributed by atoms with Gasteiger partial charge in [-0.05, 0) is 60.5 Å². The Bertz CT molecular complexity index is 834. The van der Waals surface area contributed by atoms with Crippen molar-refractivity contribution in [3.05, 3.63) is 78.6 Å². The number of aromatic nitrogens is 1. The van der Waals surface area contributed by atoms with Gasteiger partial charge in [0, 0.05) is 18.1 Å². The van der Waals surface area contributed by atoms with Crippen LogP contribution in [0.3, 0.4) is 0 Å². The van der Waals surface area contributed by atoms with E-state index in [1.54, 1.807) is 24.5 Å². The molecule has 0 aliphatic heterocycles. The Kier molecular flexibility index (Phi) is 5.67. The van der Waals surface area contributed by atoms with Gasteiger partial charge in [0.15, 0.2) is 0 Å². The first-order valence-electron chi connectivity index (χ1n) is 8.33. The Morgan fingerprint density at radius 3 is 2.15 bits per heavy atom. The van der Waals surface area contributed by atoms with E-state index in [0.29, 0.717) is 11.5 Å². The maximum Gasteiger partial charge on any atom is 0.337 e. The van der Waals surface area contributed by atoms with E-state index in [4.69, 9.17) is 4.74 Å². The molecule has 0 atom stereocenters. The summed E-state index contributed by atoms with van der Waals surface area (Å²) < 4.78 is 5.69. The summed E-state index contributed by atoms with van der Waals surface area (Å²) >= 11 is 0. The number of ether oxygens (including phenoxy) is 1.